The molecule has 2 aliphatic rings. The molecule has 2 heterocycles. The van der Waals surface area contributed by atoms with Crippen molar-refractivity contribution in [2.75, 3.05) is 20.3 Å². The van der Waals surface area contributed by atoms with Crippen LogP contribution in [-0.2, 0) is 48.2 Å². The van der Waals surface area contributed by atoms with Crippen molar-refractivity contribution in [3.8, 4) is 0 Å². The van der Waals surface area contributed by atoms with Crippen LogP contribution in [-0.4, -0.2) is 83.6 Å². The highest BCUT2D eigenvalue weighted by atomic mass is 16.6. The predicted molar refractivity (Wildman–Crippen MR) is 187 cm³/mol. The zero-order chi connectivity index (χ0) is 37.3. The fourth-order valence-electron chi connectivity index (χ4n) is 6.02. The summed E-state index contributed by atoms with van der Waals surface area (Å²) in [6, 6.07) is 13.0. The van der Waals surface area contributed by atoms with Gasteiger partial charge < -0.3 is 29.4 Å². The molecule has 13 nitrogen and oxygen atoms in total. The first-order valence-electron chi connectivity index (χ1n) is 17.0. The minimum Gasteiger partial charge on any atom is -0.480 e. The molecule has 51 heavy (non-hydrogen) atoms. The molecule has 3 atom stereocenters. The maximum atomic E-state index is 13.3. The molecule has 0 spiro atoms. The highest BCUT2D eigenvalue weighted by Gasteiger charge is 2.44. The van der Waals surface area contributed by atoms with Crippen molar-refractivity contribution >= 4 is 36.3 Å². The van der Waals surface area contributed by atoms with Crippen molar-refractivity contribution in [3.05, 3.63) is 76.9 Å². The summed E-state index contributed by atoms with van der Waals surface area (Å²) in [4.78, 5) is 65.5. The van der Waals surface area contributed by atoms with E-state index in [4.69, 9.17) is 18.9 Å². The summed E-state index contributed by atoms with van der Waals surface area (Å²) < 4.78 is 21.5. The number of fused-ring (bicyclic) bond motifs is 1. The minimum atomic E-state index is -1.12. The van der Waals surface area contributed by atoms with Crippen LogP contribution < -0.4 is 5.32 Å². The van der Waals surface area contributed by atoms with Gasteiger partial charge in [-0.05, 0) is 45.9 Å². The predicted octanol–water partition coefficient (Wildman–Crippen LogP) is 6.14. The first-order valence-corrected chi connectivity index (χ1v) is 17.0. The Hall–Kier alpha value is -5.07. The van der Waals surface area contributed by atoms with Crippen LogP contribution in [0.25, 0.3) is 6.08 Å². The van der Waals surface area contributed by atoms with E-state index >= 15 is 0 Å². The fraction of sp³-hybridized carbons (Fsp3) is 0.500. The number of rotatable bonds is 12. The summed E-state index contributed by atoms with van der Waals surface area (Å²) >= 11 is 0. The Balaban J connectivity index is 1.27. The molecule has 2 aromatic carbocycles. The Bertz CT molecular complexity index is 1600. The lowest BCUT2D eigenvalue weighted by Crippen LogP contribution is -2.49. The van der Waals surface area contributed by atoms with Crippen LogP contribution in [0.1, 0.15) is 76.1 Å². The molecule has 3 amide bonds. The average molecular weight is 708 g/mol. The van der Waals surface area contributed by atoms with Crippen LogP contribution in [0.2, 0.25) is 0 Å². The van der Waals surface area contributed by atoms with Crippen molar-refractivity contribution in [2.24, 2.45) is 10.8 Å². The summed E-state index contributed by atoms with van der Waals surface area (Å²) in [5.74, 6) is -1.73. The number of methoxy groups -OCH3 is 1. The van der Waals surface area contributed by atoms with E-state index < -0.39 is 53.8 Å². The number of ether oxygens (including phenoxy) is 4. The van der Waals surface area contributed by atoms with E-state index in [0.29, 0.717) is 25.9 Å². The largest absolute Gasteiger partial charge is 0.480 e. The Morgan fingerprint density at radius 3 is 2.35 bits per heavy atom. The summed E-state index contributed by atoms with van der Waals surface area (Å²) in [7, 11) is 1.24. The number of carboxylic acids is 1. The monoisotopic (exact) mass is 707 g/mol. The second-order valence-corrected chi connectivity index (χ2v) is 14.8. The summed E-state index contributed by atoms with van der Waals surface area (Å²) in [6.45, 7) is 9.99. The van der Waals surface area contributed by atoms with Gasteiger partial charge in [-0.3, -0.25) is 9.80 Å². The fourth-order valence-corrected chi connectivity index (χ4v) is 6.02. The van der Waals surface area contributed by atoms with Gasteiger partial charge in [0.2, 0.25) is 0 Å². The topological polar surface area (TPSA) is 161 Å². The van der Waals surface area contributed by atoms with Gasteiger partial charge in [-0.15, -0.1) is 0 Å². The first kappa shape index (κ1) is 38.7. The zero-order valence-corrected chi connectivity index (χ0v) is 30.2. The summed E-state index contributed by atoms with van der Waals surface area (Å²) in [5, 5.41) is 11.9. The number of likely N-dealkylation sites (tertiary alicyclic amines) is 1. The molecule has 1 saturated heterocycles. The molecule has 2 N–H and O–H groups in total. The van der Waals surface area contributed by atoms with E-state index in [2.05, 4.69) is 5.32 Å². The lowest BCUT2D eigenvalue weighted by Gasteiger charge is -2.28. The summed E-state index contributed by atoms with van der Waals surface area (Å²) in [6.07, 6.45) is 2.82. The van der Waals surface area contributed by atoms with Gasteiger partial charge in [0.15, 0.2) is 0 Å². The standard InChI is InChI=1S/C38H49N3O10/c1-37(2,3)31(32(42)43)39-34(45)50-24-38(4,5)18-11-10-15-26-16-12-17-27-20-40(22-29(26)27)35(46)51-28-19-30(33(44)48-6)41(21-28)36(47)49-23-25-13-8-7-9-14-25/h7-10,12-17,28,30-31H,11,18-24H2,1-6H3,(H,39,45)(H,42,43)/b15-10+/t28?,30-,31+/m0/s1. The molecular formula is C38H49N3O10. The number of hydrogen-bond donors (Lipinski definition) is 2. The number of carboxylic acid groups (broad SMARTS) is 1. The number of benzene rings is 2. The van der Waals surface area contributed by atoms with Crippen LogP contribution >= 0.6 is 0 Å². The van der Waals surface area contributed by atoms with Gasteiger partial charge in [0.25, 0.3) is 0 Å². The maximum Gasteiger partial charge on any atom is 0.410 e. The maximum absolute atomic E-state index is 13.3. The van der Waals surface area contributed by atoms with E-state index in [1.54, 1.807) is 25.7 Å². The molecule has 2 aromatic rings. The van der Waals surface area contributed by atoms with Crippen molar-refractivity contribution in [1.82, 2.24) is 15.1 Å². The molecule has 1 fully saturated rings. The lowest BCUT2D eigenvalue weighted by molar-refractivity contribution is -0.145. The molecule has 0 saturated carbocycles. The third kappa shape index (κ3) is 10.7. The van der Waals surface area contributed by atoms with Crippen molar-refractivity contribution in [2.45, 2.75) is 91.8 Å². The molecule has 0 aliphatic carbocycles. The molecular weight excluding hydrogens is 658 g/mol. The Morgan fingerprint density at radius 1 is 0.961 bits per heavy atom. The number of aliphatic carboxylic acids is 1. The van der Waals surface area contributed by atoms with E-state index in [-0.39, 0.29) is 31.6 Å². The Labute approximate surface area is 298 Å². The average Bonchev–Trinajstić information content (AvgIpc) is 3.72. The Kier molecular flexibility index (Phi) is 12.7. The minimum absolute atomic E-state index is 0.000260. The van der Waals surface area contributed by atoms with Gasteiger partial charge in [-0.25, -0.2) is 24.0 Å². The van der Waals surface area contributed by atoms with Crippen LogP contribution in [0.15, 0.2) is 54.6 Å². The van der Waals surface area contributed by atoms with Gasteiger partial charge in [0.05, 0.1) is 26.8 Å². The van der Waals surface area contributed by atoms with E-state index in [9.17, 15) is 29.1 Å². The van der Waals surface area contributed by atoms with Gasteiger partial charge in [0, 0.05) is 13.0 Å². The molecule has 2 aliphatic heterocycles. The third-order valence-electron chi connectivity index (χ3n) is 8.98. The number of amides is 3. The molecule has 0 aromatic heterocycles. The number of allylic oxidation sites excluding steroid dienone is 1. The number of hydrogen-bond acceptors (Lipinski definition) is 9. The van der Waals surface area contributed by atoms with Gasteiger partial charge in [-0.1, -0.05) is 95.3 Å². The second-order valence-electron chi connectivity index (χ2n) is 14.8. The SMILES string of the molecule is COC(=O)[C@@H]1CC(OC(=O)N2Cc3cccc(/C=C/CCC(C)(C)COC(=O)N[C@H](C(=O)O)C(C)(C)C)c3C2)CN1C(=O)OCc1ccccc1. The Morgan fingerprint density at radius 2 is 1.69 bits per heavy atom. The summed E-state index contributed by atoms with van der Waals surface area (Å²) in [5.41, 5.74) is 2.74. The van der Waals surface area contributed by atoms with Gasteiger partial charge in [0.1, 0.15) is 24.8 Å². The smallest absolute Gasteiger partial charge is 0.410 e. The quantitative estimate of drug-likeness (QED) is 0.194. The van der Waals surface area contributed by atoms with Crippen molar-refractivity contribution in [1.29, 1.82) is 0 Å². The van der Waals surface area contributed by atoms with Gasteiger partial charge in [-0.2, -0.15) is 0 Å². The first-order chi connectivity index (χ1) is 24.1. The van der Waals surface area contributed by atoms with Crippen LogP contribution in [0.4, 0.5) is 14.4 Å². The van der Waals surface area contributed by atoms with Crippen LogP contribution in [0.5, 0.6) is 0 Å². The molecule has 0 bridgehead atoms. The lowest BCUT2D eigenvalue weighted by atomic mass is 9.87. The molecule has 13 heteroatoms. The van der Waals surface area contributed by atoms with E-state index in [0.717, 1.165) is 22.3 Å². The van der Waals surface area contributed by atoms with Crippen LogP contribution in [0, 0.1) is 10.8 Å². The highest BCUT2D eigenvalue weighted by molar-refractivity contribution is 5.82. The molecule has 1 unspecified atom stereocenters. The van der Waals surface area contributed by atoms with Crippen LogP contribution in [0.3, 0.4) is 0 Å². The van der Waals surface area contributed by atoms with Crippen molar-refractivity contribution in [3.63, 3.8) is 0 Å². The number of carbonyl (C=O) groups is 5. The normalized spacial score (nSPS) is 17.8. The zero-order valence-electron chi connectivity index (χ0n) is 30.2. The van der Waals surface area contributed by atoms with E-state index in [1.807, 2.05) is 74.5 Å². The van der Waals surface area contributed by atoms with Crippen molar-refractivity contribution < 1.29 is 48.0 Å². The number of nitrogens with one attached hydrogen (secondary N) is 1. The number of carbonyl (C=O) groups excluding carboxylic acids is 4. The number of nitrogens with zero attached hydrogens (tertiary/aromatic N) is 2. The second kappa shape index (κ2) is 16.8. The number of esters is 1. The third-order valence-corrected chi connectivity index (χ3v) is 8.98. The van der Waals surface area contributed by atoms with E-state index in [1.165, 1.54) is 12.0 Å². The molecule has 276 valence electrons. The highest BCUT2D eigenvalue weighted by Crippen LogP contribution is 2.30. The molecule has 0 radical (unpaired) electrons. The number of alkyl carbamates (subject to hydrolysis) is 1. The van der Waals surface area contributed by atoms with Gasteiger partial charge >= 0.3 is 30.2 Å². The molecule has 4 rings (SSSR count).